The minimum atomic E-state index is 0.233. The Morgan fingerprint density at radius 2 is 2.38 bits per heavy atom. The van der Waals surface area contributed by atoms with E-state index in [1.807, 2.05) is 11.8 Å². The molecule has 2 rings (SSSR count). The predicted molar refractivity (Wildman–Crippen MR) is 56.4 cm³/mol. The van der Waals surface area contributed by atoms with E-state index in [1.54, 1.807) is 0 Å². The predicted octanol–water partition coefficient (Wildman–Crippen LogP) is 1.74. The largest absolute Gasteiger partial charge is 0.396 e. The molecule has 0 bridgehead atoms. The number of anilines is 1. The quantitative estimate of drug-likeness (QED) is 0.754. The summed E-state index contributed by atoms with van der Waals surface area (Å²) in [5.41, 5.74) is 2.45. The molecule has 0 aliphatic carbocycles. The molecule has 0 fully saturated rings. The van der Waals surface area contributed by atoms with Crippen LogP contribution in [0.3, 0.4) is 0 Å². The van der Waals surface area contributed by atoms with Gasteiger partial charge in [0.25, 0.3) is 0 Å². The van der Waals surface area contributed by atoms with Gasteiger partial charge in [-0.3, -0.25) is 0 Å². The van der Waals surface area contributed by atoms with Crippen LogP contribution in [0, 0.1) is 0 Å². The van der Waals surface area contributed by atoms with Gasteiger partial charge in [0.1, 0.15) is 0 Å². The van der Waals surface area contributed by atoms with Crippen LogP contribution in [-0.2, 0) is 6.42 Å². The Hall–Kier alpha value is -0.670. The second kappa shape index (κ2) is 4.03. The van der Waals surface area contributed by atoms with Gasteiger partial charge in [-0.25, -0.2) is 0 Å². The third-order valence-electron chi connectivity index (χ3n) is 2.12. The fourth-order valence-corrected chi connectivity index (χ4v) is 2.42. The van der Waals surface area contributed by atoms with Crippen LogP contribution >= 0.6 is 11.8 Å². The van der Waals surface area contributed by atoms with Gasteiger partial charge in [-0.05, 0) is 24.1 Å². The second-order valence-electron chi connectivity index (χ2n) is 3.08. The van der Waals surface area contributed by atoms with E-state index in [0.29, 0.717) is 0 Å². The normalized spacial score (nSPS) is 14.8. The molecule has 0 aromatic heterocycles. The molecule has 2 N–H and O–H groups in total. The Labute approximate surface area is 82.4 Å². The highest BCUT2D eigenvalue weighted by molar-refractivity contribution is 7.99. The van der Waals surface area contributed by atoms with Gasteiger partial charge < -0.3 is 10.4 Å². The van der Waals surface area contributed by atoms with Crippen molar-refractivity contribution in [3.05, 3.63) is 23.8 Å². The number of hydrogen-bond donors (Lipinski definition) is 2. The molecule has 70 valence electrons. The number of nitrogens with one attached hydrogen (secondary N) is 1. The van der Waals surface area contributed by atoms with E-state index in [9.17, 15) is 0 Å². The maximum absolute atomic E-state index is 8.80. The van der Waals surface area contributed by atoms with Crippen molar-refractivity contribution in [2.45, 2.75) is 11.3 Å². The van der Waals surface area contributed by atoms with Crippen LogP contribution in [0.25, 0.3) is 0 Å². The molecule has 1 aromatic rings. The van der Waals surface area contributed by atoms with Crippen LogP contribution in [0.5, 0.6) is 0 Å². The first-order valence-electron chi connectivity index (χ1n) is 4.50. The summed E-state index contributed by atoms with van der Waals surface area (Å²) in [6, 6.07) is 6.35. The summed E-state index contributed by atoms with van der Waals surface area (Å²) in [5.74, 6) is 1.13. The maximum Gasteiger partial charge on any atom is 0.0478 e. The van der Waals surface area contributed by atoms with E-state index in [0.717, 1.165) is 18.7 Å². The van der Waals surface area contributed by atoms with Crippen molar-refractivity contribution in [3.63, 3.8) is 0 Å². The topological polar surface area (TPSA) is 32.3 Å². The van der Waals surface area contributed by atoms with Crippen LogP contribution < -0.4 is 5.32 Å². The van der Waals surface area contributed by atoms with Crippen LogP contribution in [0.1, 0.15) is 5.56 Å². The highest BCUT2D eigenvalue weighted by Crippen LogP contribution is 2.31. The molecule has 0 atom stereocenters. The molecule has 0 spiro atoms. The van der Waals surface area contributed by atoms with Crippen molar-refractivity contribution in [3.8, 4) is 0 Å². The van der Waals surface area contributed by atoms with Gasteiger partial charge in [0.05, 0.1) is 0 Å². The fourth-order valence-electron chi connectivity index (χ4n) is 1.46. The van der Waals surface area contributed by atoms with E-state index >= 15 is 0 Å². The molecule has 2 nitrogen and oxygen atoms in total. The molecular weight excluding hydrogens is 182 g/mol. The molecule has 1 heterocycles. The third-order valence-corrected chi connectivity index (χ3v) is 3.18. The number of fused-ring (bicyclic) bond motifs is 1. The van der Waals surface area contributed by atoms with Crippen LogP contribution in [0.4, 0.5) is 5.69 Å². The maximum atomic E-state index is 8.80. The lowest BCUT2D eigenvalue weighted by molar-refractivity contribution is 0.299. The lowest BCUT2D eigenvalue weighted by atomic mass is 10.1. The number of aliphatic hydroxyl groups excluding tert-OH is 1. The molecule has 13 heavy (non-hydrogen) atoms. The Bertz CT molecular complexity index is 301. The van der Waals surface area contributed by atoms with Crippen molar-refractivity contribution in [2.24, 2.45) is 0 Å². The van der Waals surface area contributed by atoms with E-state index in [-0.39, 0.29) is 6.61 Å². The Morgan fingerprint density at radius 1 is 1.46 bits per heavy atom. The van der Waals surface area contributed by atoms with Gasteiger partial charge in [0.15, 0.2) is 0 Å². The molecule has 1 aromatic carbocycles. The molecule has 0 saturated heterocycles. The van der Waals surface area contributed by atoms with Gasteiger partial charge in [0, 0.05) is 29.5 Å². The number of aliphatic hydroxyl groups is 1. The third kappa shape index (κ3) is 1.98. The molecule has 1 aliphatic heterocycles. The monoisotopic (exact) mass is 195 g/mol. The average molecular weight is 195 g/mol. The molecule has 1 aliphatic rings. The zero-order chi connectivity index (χ0) is 9.10. The molecular formula is C10H13NOS. The van der Waals surface area contributed by atoms with Crippen LogP contribution in [0.15, 0.2) is 23.1 Å². The van der Waals surface area contributed by atoms with E-state index in [1.165, 1.54) is 16.1 Å². The van der Waals surface area contributed by atoms with E-state index in [2.05, 4.69) is 23.5 Å². The highest BCUT2D eigenvalue weighted by Gasteiger charge is 2.08. The minimum absolute atomic E-state index is 0.233. The van der Waals surface area contributed by atoms with Gasteiger partial charge >= 0.3 is 0 Å². The number of rotatable bonds is 2. The van der Waals surface area contributed by atoms with Gasteiger partial charge in [-0.2, -0.15) is 0 Å². The summed E-state index contributed by atoms with van der Waals surface area (Å²) in [6.07, 6.45) is 0.758. The zero-order valence-electron chi connectivity index (χ0n) is 7.42. The van der Waals surface area contributed by atoms with Gasteiger partial charge in [-0.1, -0.05) is 6.07 Å². The SMILES string of the molecule is OCCc1ccc2c(c1)SCCN2. The Morgan fingerprint density at radius 3 is 3.23 bits per heavy atom. The number of hydrogen-bond acceptors (Lipinski definition) is 3. The molecule has 3 heteroatoms. The molecule has 0 saturated carbocycles. The Balaban J connectivity index is 2.24. The van der Waals surface area contributed by atoms with Gasteiger partial charge in [-0.15, -0.1) is 11.8 Å². The molecule has 0 unspecified atom stereocenters. The number of benzene rings is 1. The zero-order valence-corrected chi connectivity index (χ0v) is 8.23. The van der Waals surface area contributed by atoms with Crippen molar-refractivity contribution >= 4 is 17.4 Å². The van der Waals surface area contributed by atoms with Crippen molar-refractivity contribution < 1.29 is 5.11 Å². The van der Waals surface area contributed by atoms with Crippen LogP contribution in [0.2, 0.25) is 0 Å². The fraction of sp³-hybridized carbons (Fsp3) is 0.400. The first-order valence-corrected chi connectivity index (χ1v) is 5.49. The standard InChI is InChI=1S/C10H13NOS/c12-5-3-8-1-2-9-10(7-8)13-6-4-11-9/h1-2,7,11-12H,3-6H2. The molecule has 0 amide bonds. The smallest absolute Gasteiger partial charge is 0.0478 e. The number of thioether (sulfide) groups is 1. The minimum Gasteiger partial charge on any atom is -0.396 e. The summed E-state index contributed by atoms with van der Waals surface area (Å²) >= 11 is 1.88. The Kier molecular flexibility index (Phi) is 2.76. The first-order chi connectivity index (χ1) is 6.40. The highest BCUT2D eigenvalue weighted by atomic mass is 32.2. The summed E-state index contributed by atoms with van der Waals surface area (Å²) < 4.78 is 0. The van der Waals surface area contributed by atoms with E-state index < -0.39 is 0 Å². The van der Waals surface area contributed by atoms with Crippen LogP contribution in [-0.4, -0.2) is 24.0 Å². The van der Waals surface area contributed by atoms with Crippen molar-refractivity contribution in [1.29, 1.82) is 0 Å². The summed E-state index contributed by atoms with van der Waals surface area (Å²) in [6.45, 7) is 1.29. The lowest BCUT2D eigenvalue weighted by Crippen LogP contribution is -2.10. The first kappa shape index (κ1) is 8.91. The lowest BCUT2D eigenvalue weighted by Gasteiger charge is -2.17. The summed E-state index contributed by atoms with van der Waals surface area (Å²) in [5, 5.41) is 12.1. The van der Waals surface area contributed by atoms with Crippen molar-refractivity contribution in [2.75, 3.05) is 24.2 Å². The van der Waals surface area contributed by atoms with Crippen molar-refractivity contribution in [1.82, 2.24) is 0 Å². The molecule has 0 radical (unpaired) electrons. The summed E-state index contributed by atoms with van der Waals surface area (Å²) in [7, 11) is 0. The average Bonchev–Trinajstić information content (AvgIpc) is 2.18. The van der Waals surface area contributed by atoms with E-state index in [4.69, 9.17) is 5.11 Å². The van der Waals surface area contributed by atoms with Gasteiger partial charge in [0.2, 0.25) is 0 Å². The summed E-state index contributed by atoms with van der Waals surface area (Å²) in [4.78, 5) is 1.32. The second-order valence-corrected chi connectivity index (χ2v) is 4.22.